The summed E-state index contributed by atoms with van der Waals surface area (Å²) in [6.45, 7) is 1.02. The number of hydrogen-bond donors (Lipinski definition) is 2. The van der Waals surface area contributed by atoms with E-state index in [-0.39, 0.29) is 30.3 Å². The monoisotopic (exact) mass is 422 g/mol. The van der Waals surface area contributed by atoms with E-state index in [1.54, 1.807) is 17.0 Å². The van der Waals surface area contributed by atoms with Crippen LogP contribution in [0.1, 0.15) is 66.4 Å². The molecule has 1 aromatic rings. The lowest BCUT2D eigenvalue weighted by atomic mass is 9.98. The SMILES string of the molecule is NC(=O)N1CCCCC1CCC#Cc1cccc2c1CN(C1CCC(=O)NC1=O)C2=O. The molecule has 0 radical (unpaired) electrons. The van der Waals surface area contributed by atoms with Crippen molar-refractivity contribution in [2.24, 2.45) is 5.73 Å². The number of urea groups is 1. The topological polar surface area (TPSA) is 113 Å². The first-order valence-corrected chi connectivity index (χ1v) is 10.8. The second-order valence-electron chi connectivity index (χ2n) is 8.25. The van der Waals surface area contributed by atoms with Crippen molar-refractivity contribution in [2.75, 3.05) is 6.54 Å². The predicted octanol–water partition coefficient (Wildman–Crippen LogP) is 1.51. The molecule has 8 nitrogen and oxygen atoms in total. The Morgan fingerprint density at radius 2 is 2.03 bits per heavy atom. The number of piperidine rings is 2. The lowest BCUT2D eigenvalue weighted by molar-refractivity contribution is -0.136. The molecule has 3 aliphatic rings. The van der Waals surface area contributed by atoms with Crippen molar-refractivity contribution in [3.8, 4) is 11.8 Å². The molecule has 3 heterocycles. The Morgan fingerprint density at radius 1 is 1.19 bits per heavy atom. The van der Waals surface area contributed by atoms with Gasteiger partial charge in [-0.25, -0.2) is 4.79 Å². The minimum Gasteiger partial charge on any atom is -0.351 e. The summed E-state index contributed by atoms with van der Waals surface area (Å²) in [5.74, 6) is 5.43. The highest BCUT2D eigenvalue weighted by molar-refractivity contribution is 6.05. The van der Waals surface area contributed by atoms with Crippen molar-refractivity contribution in [2.45, 2.75) is 63.6 Å². The van der Waals surface area contributed by atoms with Gasteiger partial charge in [0.15, 0.2) is 0 Å². The molecule has 2 unspecified atom stereocenters. The maximum absolute atomic E-state index is 12.9. The highest BCUT2D eigenvalue weighted by Gasteiger charge is 2.39. The molecule has 3 N–H and O–H groups in total. The first-order chi connectivity index (χ1) is 15.0. The lowest BCUT2D eigenvalue weighted by Crippen LogP contribution is -2.52. The summed E-state index contributed by atoms with van der Waals surface area (Å²) in [7, 11) is 0. The van der Waals surface area contributed by atoms with Gasteiger partial charge in [-0.05, 0) is 49.8 Å². The molecule has 31 heavy (non-hydrogen) atoms. The third-order valence-corrected chi connectivity index (χ3v) is 6.32. The molecular weight excluding hydrogens is 396 g/mol. The number of imide groups is 1. The van der Waals surface area contributed by atoms with Crippen molar-refractivity contribution >= 4 is 23.8 Å². The molecule has 0 spiro atoms. The Balaban J connectivity index is 1.44. The molecule has 162 valence electrons. The van der Waals surface area contributed by atoms with Gasteiger partial charge < -0.3 is 15.5 Å². The first-order valence-electron chi connectivity index (χ1n) is 10.8. The third kappa shape index (κ3) is 4.26. The molecule has 3 aliphatic heterocycles. The summed E-state index contributed by atoms with van der Waals surface area (Å²) in [6.07, 6.45) is 4.98. The van der Waals surface area contributed by atoms with Crippen LogP contribution in [0.3, 0.4) is 0 Å². The first kappa shape index (κ1) is 20.9. The number of primary amides is 1. The number of nitrogens with zero attached hydrogens (tertiary/aromatic N) is 2. The molecule has 4 rings (SSSR count). The van der Waals surface area contributed by atoms with Crippen LogP contribution in [-0.2, 0) is 16.1 Å². The van der Waals surface area contributed by atoms with Crippen LogP contribution >= 0.6 is 0 Å². The molecule has 2 fully saturated rings. The largest absolute Gasteiger partial charge is 0.351 e. The van der Waals surface area contributed by atoms with E-state index in [1.165, 1.54) is 4.90 Å². The van der Waals surface area contributed by atoms with E-state index in [9.17, 15) is 19.2 Å². The highest BCUT2D eigenvalue weighted by Crippen LogP contribution is 2.29. The normalized spacial score (nSPS) is 23.2. The van der Waals surface area contributed by atoms with Gasteiger partial charge in [0.2, 0.25) is 11.8 Å². The van der Waals surface area contributed by atoms with Gasteiger partial charge in [-0.2, -0.15) is 0 Å². The second-order valence-corrected chi connectivity index (χ2v) is 8.25. The van der Waals surface area contributed by atoms with Gasteiger partial charge in [0.1, 0.15) is 6.04 Å². The van der Waals surface area contributed by atoms with E-state index >= 15 is 0 Å². The van der Waals surface area contributed by atoms with Gasteiger partial charge in [0.05, 0.1) is 0 Å². The second kappa shape index (κ2) is 8.80. The summed E-state index contributed by atoms with van der Waals surface area (Å²) in [4.78, 5) is 51.4. The van der Waals surface area contributed by atoms with Crippen molar-refractivity contribution in [3.63, 3.8) is 0 Å². The third-order valence-electron chi connectivity index (χ3n) is 6.32. The number of nitrogens with one attached hydrogen (secondary N) is 1. The van der Waals surface area contributed by atoms with Crippen molar-refractivity contribution < 1.29 is 19.2 Å². The van der Waals surface area contributed by atoms with E-state index in [2.05, 4.69) is 17.2 Å². The molecule has 0 bridgehead atoms. The Hall–Kier alpha value is -3.34. The van der Waals surface area contributed by atoms with Crippen molar-refractivity contribution in [3.05, 3.63) is 34.9 Å². The molecular formula is C23H26N4O4. The van der Waals surface area contributed by atoms with Gasteiger partial charge in [-0.15, -0.1) is 0 Å². The van der Waals surface area contributed by atoms with Crippen LogP contribution in [0.4, 0.5) is 4.79 Å². The van der Waals surface area contributed by atoms with E-state index in [1.807, 2.05) is 6.07 Å². The summed E-state index contributed by atoms with van der Waals surface area (Å²) in [6, 6.07) is 4.55. The molecule has 0 saturated carbocycles. The lowest BCUT2D eigenvalue weighted by Gasteiger charge is -2.34. The van der Waals surface area contributed by atoms with Gasteiger partial charge >= 0.3 is 6.03 Å². The Labute approximate surface area is 181 Å². The number of hydrogen-bond acceptors (Lipinski definition) is 4. The zero-order valence-corrected chi connectivity index (χ0v) is 17.4. The van der Waals surface area contributed by atoms with E-state index in [0.717, 1.165) is 36.8 Å². The van der Waals surface area contributed by atoms with Crippen LogP contribution in [0, 0.1) is 11.8 Å². The molecule has 2 saturated heterocycles. The zero-order valence-electron chi connectivity index (χ0n) is 17.4. The van der Waals surface area contributed by atoms with Crippen LogP contribution < -0.4 is 11.1 Å². The fourth-order valence-electron chi connectivity index (χ4n) is 4.69. The number of carbonyl (C=O) groups excluding carboxylic acids is 4. The number of nitrogens with two attached hydrogens (primary N) is 1. The Morgan fingerprint density at radius 3 is 2.81 bits per heavy atom. The van der Waals surface area contributed by atoms with Crippen molar-refractivity contribution in [1.29, 1.82) is 0 Å². The van der Waals surface area contributed by atoms with Crippen LogP contribution in [0.5, 0.6) is 0 Å². The average Bonchev–Trinajstić information content (AvgIpc) is 3.08. The summed E-state index contributed by atoms with van der Waals surface area (Å²) in [5.41, 5.74) is 7.64. The standard InChI is InChI=1S/C23H26N4O4/c24-23(31)26-13-4-3-9-16(26)8-2-1-6-15-7-5-10-17-18(15)14-27(22(17)30)19-11-12-20(28)25-21(19)29/h5,7,10,16,19H,2-4,8-9,11-14H2,(H2,24,31)(H,25,28,29). The number of rotatable bonds is 3. The molecule has 1 aromatic carbocycles. The average molecular weight is 422 g/mol. The molecule has 5 amide bonds. The fraction of sp³-hybridized carbons (Fsp3) is 0.478. The smallest absolute Gasteiger partial charge is 0.315 e. The van der Waals surface area contributed by atoms with E-state index in [0.29, 0.717) is 31.5 Å². The van der Waals surface area contributed by atoms with Crippen molar-refractivity contribution in [1.82, 2.24) is 15.1 Å². The quantitative estimate of drug-likeness (QED) is 0.568. The van der Waals surface area contributed by atoms with E-state index < -0.39 is 11.9 Å². The maximum atomic E-state index is 12.9. The molecule has 8 heteroatoms. The maximum Gasteiger partial charge on any atom is 0.315 e. The number of amides is 5. The van der Waals surface area contributed by atoms with Gasteiger partial charge in [-0.3, -0.25) is 19.7 Å². The summed E-state index contributed by atoms with van der Waals surface area (Å²) in [5, 5.41) is 2.32. The predicted molar refractivity (Wildman–Crippen MR) is 113 cm³/mol. The number of carbonyl (C=O) groups is 4. The Kier molecular flexibility index (Phi) is 5.94. The fourth-order valence-corrected chi connectivity index (χ4v) is 4.69. The Bertz CT molecular complexity index is 993. The van der Waals surface area contributed by atoms with Crippen LogP contribution in [0.25, 0.3) is 0 Å². The van der Waals surface area contributed by atoms with E-state index in [4.69, 9.17) is 5.73 Å². The number of benzene rings is 1. The highest BCUT2D eigenvalue weighted by atomic mass is 16.2. The molecule has 2 atom stereocenters. The van der Waals surface area contributed by atoms with Gasteiger partial charge in [-0.1, -0.05) is 17.9 Å². The molecule has 0 aliphatic carbocycles. The molecule has 0 aromatic heterocycles. The summed E-state index contributed by atoms with van der Waals surface area (Å²) >= 11 is 0. The minimum absolute atomic E-state index is 0.131. The zero-order chi connectivity index (χ0) is 22.0. The van der Waals surface area contributed by atoms with Crippen LogP contribution in [0.15, 0.2) is 18.2 Å². The minimum atomic E-state index is -0.635. The number of fused-ring (bicyclic) bond motifs is 1. The van der Waals surface area contributed by atoms with Gasteiger partial charge in [0, 0.05) is 43.1 Å². The van der Waals surface area contributed by atoms with Crippen LogP contribution in [-0.4, -0.2) is 52.2 Å². The van der Waals surface area contributed by atoms with Crippen LogP contribution in [0.2, 0.25) is 0 Å². The van der Waals surface area contributed by atoms with Gasteiger partial charge in [0.25, 0.3) is 5.91 Å². The number of likely N-dealkylation sites (tertiary alicyclic amines) is 1. The summed E-state index contributed by atoms with van der Waals surface area (Å²) < 4.78 is 0.